The zero-order chi connectivity index (χ0) is 11.3. The van der Waals surface area contributed by atoms with Crippen molar-refractivity contribution in [1.29, 1.82) is 0 Å². The predicted octanol–water partition coefficient (Wildman–Crippen LogP) is 0.896. The monoisotopic (exact) mass is 285 g/mol. The summed E-state index contributed by atoms with van der Waals surface area (Å²) in [4.78, 5) is 13.7. The van der Waals surface area contributed by atoms with Gasteiger partial charge in [-0.15, -0.1) is 24.8 Å². The normalized spacial score (nSPS) is 20.4. The number of amides is 1. The van der Waals surface area contributed by atoms with Crippen molar-refractivity contribution in [2.24, 2.45) is 5.92 Å². The average Bonchev–Trinajstić information content (AvgIpc) is 2.66. The Hall–Kier alpha value is -0.0300. The van der Waals surface area contributed by atoms with Gasteiger partial charge in [0.25, 0.3) is 0 Å². The minimum absolute atomic E-state index is 0. The molecule has 0 saturated carbocycles. The first-order chi connectivity index (χ1) is 7.09. The van der Waals surface area contributed by atoms with Gasteiger partial charge in [0.15, 0.2) is 0 Å². The Morgan fingerprint density at radius 1 is 1.47 bits per heavy atom. The molecule has 1 aliphatic heterocycles. The van der Waals surface area contributed by atoms with Crippen LogP contribution in [-0.4, -0.2) is 50.6 Å². The minimum atomic E-state index is 0. The Kier molecular flexibility index (Phi) is 11.3. The van der Waals surface area contributed by atoms with Crippen molar-refractivity contribution in [2.45, 2.75) is 25.8 Å². The van der Waals surface area contributed by atoms with Gasteiger partial charge in [0, 0.05) is 19.0 Å². The van der Waals surface area contributed by atoms with Gasteiger partial charge in [0.1, 0.15) is 0 Å². The van der Waals surface area contributed by atoms with Gasteiger partial charge in [0.05, 0.1) is 0 Å². The standard InChI is InChI=1S/C11H23N3O.2ClH/c1-9(14(2)3)7-13-11(15)6-10-4-5-12-8-10;;/h9-10,12H,4-8H2,1-3H3,(H,13,15);2*1H. The van der Waals surface area contributed by atoms with E-state index in [9.17, 15) is 4.79 Å². The van der Waals surface area contributed by atoms with Crippen molar-refractivity contribution in [3.8, 4) is 0 Å². The number of hydrogen-bond donors (Lipinski definition) is 2. The highest BCUT2D eigenvalue weighted by atomic mass is 35.5. The number of likely N-dealkylation sites (N-methyl/N-ethyl adjacent to an activating group) is 1. The van der Waals surface area contributed by atoms with Crippen LogP contribution in [0.15, 0.2) is 0 Å². The van der Waals surface area contributed by atoms with Gasteiger partial charge in [0.2, 0.25) is 5.91 Å². The molecule has 4 nitrogen and oxygen atoms in total. The van der Waals surface area contributed by atoms with Crippen molar-refractivity contribution in [2.75, 3.05) is 33.7 Å². The molecule has 0 aromatic heterocycles. The van der Waals surface area contributed by atoms with Crippen molar-refractivity contribution in [3.63, 3.8) is 0 Å². The smallest absolute Gasteiger partial charge is 0.220 e. The van der Waals surface area contributed by atoms with Crippen LogP contribution in [0.4, 0.5) is 0 Å². The highest BCUT2D eigenvalue weighted by molar-refractivity contribution is 5.85. The first-order valence-corrected chi connectivity index (χ1v) is 5.73. The maximum Gasteiger partial charge on any atom is 0.220 e. The van der Waals surface area contributed by atoms with Crippen LogP contribution >= 0.6 is 24.8 Å². The van der Waals surface area contributed by atoms with E-state index in [1.807, 2.05) is 14.1 Å². The van der Waals surface area contributed by atoms with E-state index in [0.29, 0.717) is 18.4 Å². The number of nitrogens with zero attached hydrogens (tertiary/aromatic N) is 1. The molecule has 0 aromatic rings. The maximum absolute atomic E-state index is 11.6. The average molecular weight is 286 g/mol. The minimum Gasteiger partial charge on any atom is -0.355 e. The zero-order valence-corrected chi connectivity index (χ0v) is 12.5. The third-order valence-electron chi connectivity index (χ3n) is 3.11. The van der Waals surface area contributed by atoms with E-state index in [2.05, 4.69) is 22.5 Å². The lowest BCUT2D eigenvalue weighted by molar-refractivity contribution is -0.122. The molecule has 1 rings (SSSR count). The van der Waals surface area contributed by atoms with Crippen molar-refractivity contribution >= 4 is 30.7 Å². The van der Waals surface area contributed by atoms with Crippen LogP contribution in [0.25, 0.3) is 0 Å². The van der Waals surface area contributed by atoms with E-state index in [1.165, 1.54) is 0 Å². The molecular formula is C11H25Cl2N3O. The third kappa shape index (κ3) is 7.82. The number of nitrogens with one attached hydrogen (secondary N) is 2. The fraction of sp³-hybridized carbons (Fsp3) is 0.909. The van der Waals surface area contributed by atoms with Crippen LogP contribution in [-0.2, 0) is 4.79 Å². The summed E-state index contributed by atoms with van der Waals surface area (Å²) in [5.41, 5.74) is 0. The molecule has 1 saturated heterocycles. The Bertz CT molecular complexity index is 209. The van der Waals surface area contributed by atoms with Crippen LogP contribution in [0.2, 0.25) is 0 Å². The molecule has 1 amide bonds. The molecule has 1 fully saturated rings. The number of carbonyl (C=O) groups is 1. The lowest BCUT2D eigenvalue weighted by atomic mass is 10.0. The van der Waals surface area contributed by atoms with Crippen molar-refractivity contribution in [1.82, 2.24) is 15.5 Å². The van der Waals surface area contributed by atoms with Crippen LogP contribution in [0, 0.1) is 5.92 Å². The molecule has 2 atom stereocenters. The summed E-state index contributed by atoms with van der Waals surface area (Å²) in [5, 5.41) is 6.25. The summed E-state index contributed by atoms with van der Waals surface area (Å²) in [6, 6.07) is 0.399. The van der Waals surface area contributed by atoms with Crippen LogP contribution in [0.1, 0.15) is 19.8 Å². The van der Waals surface area contributed by atoms with Crippen LogP contribution in [0.5, 0.6) is 0 Å². The molecule has 104 valence electrons. The number of carbonyl (C=O) groups excluding carboxylic acids is 1. The lowest BCUT2D eigenvalue weighted by Gasteiger charge is -2.20. The molecule has 0 aromatic carbocycles. The topological polar surface area (TPSA) is 44.4 Å². The largest absolute Gasteiger partial charge is 0.355 e. The SMILES string of the molecule is CC(CNC(=O)CC1CCNC1)N(C)C.Cl.Cl. The molecule has 0 bridgehead atoms. The van der Waals surface area contributed by atoms with Gasteiger partial charge in [-0.05, 0) is 46.4 Å². The first kappa shape index (κ1) is 19.3. The molecule has 6 heteroatoms. The summed E-state index contributed by atoms with van der Waals surface area (Å²) in [5.74, 6) is 0.733. The van der Waals surface area contributed by atoms with E-state index in [0.717, 1.165) is 26.1 Å². The maximum atomic E-state index is 11.6. The number of halogens is 2. The predicted molar refractivity (Wildman–Crippen MR) is 76.2 cm³/mol. The molecule has 1 aliphatic rings. The first-order valence-electron chi connectivity index (χ1n) is 5.73. The fourth-order valence-electron chi connectivity index (χ4n) is 1.67. The number of hydrogen-bond acceptors (Lipinski definition) is 3. The Labute approximate surface area is 117 Å². The van der Waals surface area contributed by atoms with E-state index >= 15 is 0 Å². The second-order valence-corrected chi connectivity index (χ2v) is 4.68. The quantitative estimate of drug-likeness (QED) is 0.789. The summed E-state index contributed by atoms with van der Waals surface area (Å²) < 4.78 is 0. The van der Waals surface area contributed by atoms with Gasteiger partial charge in [-0.1, -0.05) is 0 Å². The fourth-order valence-corrected chi connectivity index (χ4v) is 1.67. The number of rotatable bonds is 5. The third-order valence-corrected chi connectivity index (χ3v) is 3.11. The Morgan fingerprint density at radius 3 is 2.59 bits per heavy atom. The summed E-state index contributed by atoms with van der Waals surface area (Å²) >= 11 is 0. The van der Waals surface area contributed by atoms with Gasteiger partial charge in [-0.3, -0.25) is 4.79 Å². The molecule has 0 spiro atoms. The van der Waals surface area contributed by atoms with Gasteiger partial charge >= 0.3 is 0 Å². The Morgan fingerprint density at radius 2 is 2.12 bits per heavy atom. The zero-order valence-electron chi connectivity index (χ0n) is 10.9. The molecule has 0 radical (unpaired) electrons. The highest BCUT2D eigenvalue weighted by Crippen LogP contribution is 2.11. The lowest BCUT2D eigenvalue weighted by Crippen LogP contribution is -2.38. The van der Waals surface area contributed by atoms with Crippen molar-refractivity contribution < 1.29 is 4.79 Å². The van der Waals surface area contributed by atoms with Crippen molar-refractivity contribution in [3.05, 3.63) is 0 Å². The second kappa shape index (κ2) is 9.95. The molecule has 1 heterocycles. The van der Waals surface area contributed by atoms with E-state index in [1.54, 1.807) is 0 Å². The summed E-state index contributed by atoms with van der Waals surface area (Å²) in [6.45, 7) is 4.91. The Balaban J connectivity index is 0. The summed E-state index contributed by atoms with van der Waals surface area (Å²) in [6.07, 6.45) is 1.81. The van der Waals surface area contributed by atoms with Gasteiger partial charge in [-0.25, -0.2) is 0 Å². The van der Waals surface area contributed by atoms with Crippen LogP contribution < -0.4 is 10.6 Å². The van der Waals surface area contributed by atoms with Gasteiger partial charge in [-0.2, -0.15) is 0 Å². The molecule has 2 unspecified atom stereocenters. The summed E-state index contributed by atoms with van der Waals surface area (Å²) in [7, 11) is 4.05. The molecule has 2 N–H and O–H groups in total. The van der Waals surface area contributed by atoms with E-state index in [-0.39, 0.29) is 30.7 Å². The van der Waals surface area contributed by atoms with Crippen LogP contribution in [0.3, 0.4) is 0 Å². The molecule has 17 heavy (non-hydrogen) atoms. The second-order valence-electron chi connectivity index (χ2n) is 4.68. The van der Waals surface area contributed by atoms with E-state index in [4.69, 9.17) is 0 Å². The van der Waals surface area contributed by atoms with Gasteiger partial charge < -0.3 is 15.5 Å². The molecular weight excluding hydrogens is 261 g/mol. The molecule has 0 aliphatic carbocycles. The highest BCUT2D eigenvalue weighted by Gasteiger charge is 2.18. The van der Waals surface area contributed by atoms with E-state index < -0.39 is 0 Å².